The molecule has 0 fully saturated rings. The van der Waals surface area contributed by atoms with Crippen LogP contribution < -0.4 is 15.1 Å². The Hall–Kier alpha value is -3.97. The number of carbonyl (C=O) groups is 1. The van der Waals surface area contributed by atoms with Gasteiger partial charge in [0.1, 0.15) is 5.75 Å². The summed E-state index contributed by atoms with van der Waals surface area (Å²) in [7, 11) is 2.48. The van der Waals surface area contributed by atoms with Crippen molar-refractivity contribution in [3.05, 3.63) is 139 Å². The number of ether oxygens (including phenoxy) is 2. The highest BCUT2D eigenvalue weighted by molar-refractivity contribution is 6.99. The Morgan fingerprint density at radius 1 is 0.792 bits per heavy atom. The van der Waals surface area contributed by atoms with Crippen LogP contribution in [-0.4, -0.2) is 53.0 Å². The number of nitrogens with zero attached hydrogens (tertiary/aromatic N) is 1. The lowest BCUT2D eigenvalue weighted by molar-refractivity contribution is -0.130. The summed E-state index contributed by atoms with van der Waals surface area (Å²) in [6, 6.07) is 39.8. The molecule has 0 radical (unpaired) electrons. The maximum atomic E-state index is 13.4. The Kier molecular flexibility index (Phi) is 13.4. The molecule has 0 aliphatic heterocycles. The molecule has 4 aromatic carbocycles. The normalized spacial score (nSPS) is 14.0. The molecule has 0 saturated heterocycles. The Labute approximate surface area is 289 Å². The third kappa shape index (κ3) is 9.56. The SMILES string of the molecule is COc1ccc(COC(C)[C@@H](CO[Si](c2ccccc2)(c2ccccc2)C(C)(C)C)[C@@H](/C=C/Cc2ccccc2)CC(=O)N(C)C)cc1. The molecule has 5 nitrogen and oxygen atoms in total. The summed E-state index contributed by atoms with van der Waals surface area (Å²) in [6.45, 7) is 9.90. The van der Waals surface area contributed by atoms with E-state index in [2.05, 4.69) is 125 Å². The van der Waals surface area contributed by atoms with Crippen LogP contribution in [0.1, 0.15) is 45.2 Å². The molecule has 0 N–H and O–H groups in total. The molecule has 0 aliphatic rings. The second-order valence-corrected chi connectivity index (χ2v) is 18.1. The molecule has 0 bridgehead atoms. The van der Waals surface area contributed by atoms with E-state index < -0.39 is 8.32 Å². The van der Waals surface area contributed by atoms with Gasteiger partial charge in [-0.2, -0.15) is 0 Å². The van der Waals surface area contributed by atoms with Crippen molar-refractivity contribution in [3.8, 4) is 5.75 Å². The predicted molar refractivity (Wildman–Crippen MR) is 200 cm³/mol. The molecule has 1 amide bonds. The molecule has 0 aliphatic carbocycles. The first kappa shape index (κ1) is 36.9. The van der Waals surface area contributed by atoms with Gasteiger partial charge in [-0.1, -0.05) is 136 Å². The third-order valence-electron chi connectivity index (χ3n) is 9.22. The topological polar surface area (TPSA) is 48.0 Å². The lowest BCUT2D eigenvalue weighted by Crippen LogP contribution is -2.67. The Morgan fingerprint density at radius 3 is 1.83 bits per heavy atom. The van der Waals surface area contributed by atoms with Gasteiger partial charge < -0.3 is 18.8 Å². The van der Waals surface area contributed by atoms with Gasteiger partial charge in [0.15, 0.2) is 0 Å². The van der Waals surface area contributed by atoms with E-state index in [0.717, 1.165) is 17.7 Å². The molecular formula is C42H53NO4Si. The highest BCUT2D eigenvalue weighted by atomic mass is 28.4. The second-order valence-electron chi connectivity index (χ2n) is 13.8. The summed E-state index contributed by atoms with van der Waals surface area (Å²) in [6.07, 6.45) is 5.38. The summed E-state index contributed by atoms with van der Waals surface area (Å²) in [5.41, 5.74) is 2.30. The van der Waals surface area contributed by atoms with Crippen molar-refractivity contribution in [1.82, 2.24) is 4.90 Å². The number of rotatable bonds is 16. The van der Waals surface area contributed by atoms with E-state index in [1.54, 1.807) is 12.0 Å². The van der Waals surface area contributed by atoms with Gasteiger partial charge in [0, 0.05) is 33.0 Å². The van der Waals surface area contributed by atoms with Crippen LogP contribution >= 0.6 is 0 Å². The highest BCUT2D eigenvalue weighted by Crippen LogP contribution is 2.38. The summed E-state index contributed by atoms with van der Waals surface area (Å²) in [5, 5.41) is 2.29. The van der Waals surface area contributed by atoms with Crippen LogP contribution in [-0.2, 0) is 27.0 Å². The fraction of sp³-hybridized carbons (Fsp3) is 0.357. The van der Waals surface area contributed by atoms with Crippen molar-refractivity contribution >= 4 is 24.6 Å². The largest absolute Gasteiger partial charge is 0.497 e. The molecule has 1 unspecified atom stereocenters. The third-order valence-corrected chi connectivity index (χ3v) is 14.2. The molecule has 0 heterocycles. The summed E-state index contributed by atoms with van der Waals surface area (Å²) < 4.78 is 19.5. The molecule has 48 heavy (non-hydrogen) atoms. The molecule has 3 atom stereocenters. The molecule has 0 saturated carbocycles. The molecule has 4 aromatic rings. The summed E-state index contributed by atoms with van der Waals surface area (Å²) in [4.78, 5) is 15.0. The van der Waals surface area contributed by atoms with Crippen LogP contribution in [0.2, 0.25) is 5.04 Å². The van der Waals surface area contributed by atoms with Crippen molar-refractivity contribution in [1.29, 1.82) is 0 Å². The lowest BCUT2D eigenvalue weighted by Gasteiger charge is -2.44. The predicted octanol–water partition coefficient (Wildman–Crippen LogP) is 7.69. The number of benzene rings is 4. The van der Waals surface area contributed by atoms with Crippen molar-refractivity contribution < 1.29 is 18.7 Å². The Bertz CT molecular complexity index is 1510. The van der Waals surface area contributed by atoms with Gasteiger partial charge in [-0.3, -0.25) is 4.79 Å². The van der Waals surface area contributed by atoms with E-state index >= 15 is 0 Å². The van der Waals surface area contributed by atoms with Crippen molar-refractivity contribution in [2.45, 2.75) is 58.3 Å². The van der Waals surface area contributed by atoms with Gasteiger partial charge in [0.05, 0.1) is 19.8 Å². The molecular weight excluding hydrogens is 611 g/mol. The van der Waals surface area contributed by atoms with E-state index in [4.69, 9.17) is 13.9 Å². The average molecular weight is 664 g/mol. The maximum absolute atomic E-state index is 13.4. The lowest BCUT2D eigenvalue weighted by atomic mass is 9.85. The van der Waals surface area contributed by atoms with Gasteiger partial charge in [-0.05, 0) is 57.9 Å². The summed E-state index contributed by atoms with van der Waals surface area (Å²) >= 11 is 0. The van der Waals surface area contributed by atoms with Gasteiger partial charge in [0.2, 0.25) is 5.91 Å². The van der Waals surface area contributed by atoms with Gasteiger partial charge in [0.25, 0.3) is 8.32 Å². The van der Waals surface area contributed by atoms with E-state index in [1.165, 1.54) is 15.9 Å². The van der Waals surface area contributed by atoms with Crippen LogP contribution in [0.5, 0.6) is 5.75 Å². The summed E-state index contributed by atoms with van der Waals surface area (Å²) in [5.74, 6) is 0.699. The van der Waals surface area contributed by atoms with E-state index in [-0.39, 0.29) is 28.9 Å². The zero-order valence-electron chi connectivity index (χ0n) is 29.8. The fourth-order valence-corrected chi connectivity index (χ4v) is 11.0. The van der Waals surface area contributed by atoms with Crippen LogP contribution in [0.15, 0.2) is 127 Å². The molecule has 0 spiro atoms. The van der Waals surface area contributed by atoms with Gasteiger partial charge in [-0.25, -0.2) is 0 Å². The maximum Gasteiger partial charge on any atom is 0.261 e. The minimum absolute atomic E-state index is 0.0853. The quantitative estimate of drug-likeness (QED) is 0.0912. The monoisotopic (exact) mass is 663 g/mol. The zero-order valence-corrected chi connectivity index (χ0v) is 30.8. The number of methoxy groups -OCH3 is 1. The van der Waals surface area contributed by atoms with E-state index in [1.807, 2.05) is 44.4 Å². The first-order valence-corrected chi connectivity index (χ1v) is 18.9. The minimum atomic E-state index is -2.84. The first-order valence-electron chi connectivity index (χ1n) is 17.0. The molecule has 0 aromatic heterocycles. The van der Waals surface area contributed by atoms with Crippen molar-refractivity contribution in [2.75, 3.05) is 27.8 Å². The number of hydrogen-bond acceptors (Lipinski definition) is 4. The van der Waals surface area contributed by atoms with Crippen LogP contribution in [0.3, 0.4) is 0 Å². The second kappa shape index (κ2) is 17.4. The number of amides is 1. The number of allylic oxidation sites excluding steroid dienone is 2. The Morgan fingerprint density at radius 2 is 1.33 bits per heavy atom. The minimum Gasteiger partial charge on any atom is -0.497 e. The molecule has 4 rings (SSSR count). The molecule has 254 valence electrons. The number of hydrogen-bond donors (Lipinski definition) is 0. The van der Waals surface area contributed by atoms with Crippen molar-refractivity contribution in [2.24, 2.45) is 11.8 Å². The smallest absolute Gasteiger partial charge is 0.261 e. The van der Waals surface area contributed by atoms with Gasteiger partial charge in [-0.15, -0.1) is 0 Å². The van der Waals surface area contributed by atoms with Gasteiger partial charge >= 0.3 is 0 Å². The zero-order chi connectivity index (χ0) is 34.6. The van der Waals surface area contributed by atoms with Crippen LogP contribution in [0.4, 0.5) is 0 Å². The first-order chi connectivity index (χ1) is 23.0. The van der Waals surface area contributed by atoms with Crippen LogP contribution in [0.25, 0.3) is 0 Å². The number of carbonyl (C=O) groups excluding carboxylic acids is 1. The van der Waals surface area contributed by atoms with Crippen LogP contribution in [0, 0.1) is 11.8 Å². The standard InChI is InChI=1S/C42H53NO4Si/c1-33(46-31-35-26-28-37(45-7)29-27-35)40(36(30-41(44)43(5)6)21-17-20-34-18-11-8-12-19-34)32-47-48(42(2,3)4,38-22-13-9-14-23-38)39-24-15-10-16-25-39/h8-19,21-29,33,36,40H,20,30-32H2,1-7H3/b21-17+/t33?,36-,40+/m0/s1. The average Bonchev–Trinajstić information content (AvgIpc) is 3.09. The fourth-order valence-electron chi connectivity index (χ4n) is 6.40. The highest BCUT2D eigenvalue weighted by Gasteiger charge is 2.50. The van der Waals surface area contributed by atoms with E-state index in [0.29, 0.717) is 19.6 Å². The molecule has 6 heteroatoms. The van der Waals surface area contributed by atoms with E-state index in [9.17, 15) is 4.79 Å². The van der Waals surface area contributed by atoms with Crippen molar-refractivity contribution in [3.63, 3.8) is 0 Å². The Balaban J connectivity index is 1.74.